The molecule has 2 aromatic rings. The monoisotopic (exact) mass is 473 g/mol. The molecule has 0 aromatic heterocycles. The zero-order valence-electron chi connectivity index (χ0n) is 17.2. The van der Waals surface area contributed by atoms with Crippen LogP contribution in [0.4, 0.5) is 0 Å². The number of carbonyl (C=O) groups is 2. The average molecular weight is 474 g/mol. The van der Waals surface area contributed by atoms with E-state index in [1.807, 2.05) is 48.5 Å². The van der Waals surface area contributed by atoms with Gasteiger partial charge in [-0.3, -0.25) is 9.59 Å². The third-order valence-electron chi connectivity index (χ3n) is 5.50. The van der Waals surface area contributed by atoms with Crippen LogP contribution in [0, 0.1) is 5.92 Å². The first-order chi connectivity index (χ1) is 14.6. The molecule has 0 bridgehead atoms. The van der Waals surface area contributed by atoms with Crippen LogP contribution >= 0.6 is 15.9 Å². The molecule has 3 rings (SSSR count). The fourth-order valence-electron chi connectivity index (χ4n) is 3.84. The molecule has 1 unspecified atom stereocenters. The predicted octanol–water partition coefficient (Wildman–Crippen LogP) is 5.44. The summed E-state index contributed by atoms with van der Waals surface area (Å²) in [5.74, 6) is 0.764. The molecule has 1 saturated carbocycles. The first kappa shape index (κ1) is 22.3. The summed E-state index contributed by atoms with van der Waals surface area (Å²) in [5.41, 5.74) is 1.64. The third kappa shape index (κ3) is 6.33. The minimum atomic E-state index is -0.342. The summed E-state index contributed by atoms with van der Waals surface area (Å²) in [6.45, 7) is 0.255. The van der Waals surface area contributed by atoms with Gasteiger partial charge in [0.25, 0.3) is 5.91 Å². The molecule has 1 aliphatic rings. The average Bonchev–Trinajstić information content (AvgIpc) is 2.79. The van der Waals surface area contributed by atoms with Crippen molar-refractivity contribution in [1.29, 1.82) is 0 Å². The minimum absolute atomic E-state index is 0.0390. The summed E-state index contributed by atoms with van der Waals surface area (Å²) in [6, 6.07) is 15.5. The number of amides is 1. The van der Waals surface area contributed by atoms with Crippen LogP contribution in [0.1, 0.15) is 60.6 Å². The molecule has 160 valence electrons. The summed E-state index contributed by atoms with van der Waals surface area (Å²) < 4.78 is 12.0. The van der Waals surface area contributed by atoms with Gasteiger partial charge in [-0.25, -0.2) is 0 Å². The Labute approximate surface area is 186 Å². The highest BCUT2D eigenvalue weighted by atomic mass is 79.9. The molecule has 1 amide bonds. The lowest BCUT2D eigenvalue weighted by Gasteiger charge is -2.31. The van der Waals surface area contributed by atoms with E-state index in [9.17, 15) is 9.59 Å². The topological polar surface area (TPSA) is 64.6 Å². The molecule has 1 aliphatic carbocycles. The highest BCUT2D eigenvalue weighted by Crippen LogP contribution is 2.38. The van der Waals surface area contributed by atoms with Gasteiger partial charge in [0.1, 0.15) is 11.9 Å². The normalized spacial score (nSPS) is 15.3. The fraction of sp³-hybridized carbons (Fsp3) is 0.417. The van der Waals surface area contributed by atoms with Crippen LogP contribution in [-0.4, -0.2) is 25.5 Å². The molecule has 0 heterocycles. The van der Waals surface area contributed by atoms with Gasteiger partial charge in [-0.05, 0) is 54.8 Å². The van der Waals surface area contributed by atoms with E-state index < -0.39 is 0 Å². The summed E-state index contributed by atoms with van der Waals surface area (Å²) in [7, 11) is 1.34. The number of nitrogens with one attached hydrogen (secondary N) is 1. The Hall–Kier alpha value is -2.34. The Bertz CT molecular complexity index is 829. The van der Waals surface area contributed by atoms with Crippen molar-refractivity contribution in [3.05, 3.63) is 64.1 Å². The third-order valence-corrected chi connectivity index (χ3v) is 6.03. The first-order valence-corrected chi connectivity index (χ1v) is 11.2. The molecule has 0 radical (unpaired) electrons. The second kappa shape index (κ2) is 11.2. The van der Waals surface area contributed by atoms with Crippen LogP contribution in [0.5, 0.6) is 5.75 Å². The summed E-state index contributed by atoms with van der Waals surface area (Å²) in [4.78, 5) is 23.5. The standard InChI is InChI=1S/C24H28BrNO4/c1-29-22(27)15-16-26-24(28)19-9-7-18(8-10-19)23(17-5-3-2-4-6-17)30-21-13-11-20(25)12-14-21/h7-14,17,23H,2-6,15-16H2,1H3,(H,26,28). The van der Waals surface area contributed by atoms with E-state index in [2.05, 4.69) is 26.0 Å². The quantitative estimate of drug-likeness (QED) is 0.518. The Balaban J connectivity index is 1.70. The molecule has 5 nitrogen and oxygen atoms in total. The van der Waals surface area contributed by atoms with Crippen LogP contribution in [0.15, 0.2) is 53.0 Å². The van der Waals surface area contributed by atoms with Crippen LogP contribution in [-0.2, 0) is 9.53 Å². The fourth-order valence-corrected chi connectivity index (χ4v) is 4.10. The number of hydrogen-bond acceptors (Lipinski definition) is 4. The lowest BCUT2D eigenvalue weighted by Crippen LogP contribution is -2.26. The van der Waals surface area contributed by atoms with Crippen molar-refractivity contribution in [2.24, 2.45) is 5.92 Å². The van der Waals surface area contributed by atoms with E-state index in [-0.39, 0.29) is 30.9 Å². The lowest BCUT2D eigenvalue weighted by molar-refractivity contribution is -0.140. The van der Waals surface area contributed by atoms with E-state index in [1.54, 1.807) is 0 Å². The highest BCUT2D eigenvalue weighted by molar-refractivity contribution is 9.10. The van der Waals surface area contributed by atoms with Crippen LogP contribution < -0.4 is 10.1 Å². The minimum Gasteiger partial charge on any atom is -0.485 e. The van der Waals surface area contributed by atoms with Crippen LogP contribution in [0.25, 0.3) is 0 Å². The molecule has 1 atom stereocenters. The number of rotatable bonds is 8. The molecule has 6 heteroatoms. The van der Waals surface area contributed by atoms with Crippen molar-refractivity contribution < 1.29 is 19.1 Å². The number of ether oxygens (including phenoxy) is 2. The maximum Gasteiger partial charge on any atom is 0.307 e. The van der Waals surface area contributed by atoms with Gasteiger partial charge < -0.3 is 14.8 Å². The Morgan fingerprint density at radius 2 is 1.70 bits per heavy atom. The van der Waals surface area contributed by atoms with Crippen molar-refractivity contribution >= 4 is 27.8 Å². The molecular weight excluding hydrogens is 446 g/mol. The summed E-state index contributed by atoms with van der Waals surface area (Å²) in [6.07, 6.45) is 6.16. The second-order valence-electron chi connectivity index (χ2n) is 7.59. The van der Waals surface area contributed by atoms with Gasteiger partial charge in [0.2, 0.25) is 0 Å². The maximum absolute atomic E-state index is 12.3. The van der Waals surface area contributed by atoms with E-state index in [0.717, 1.165) is 28.6 Å². The van der Waals surface area contributed by atoms with E-state index in [0.29, 0.717) is 11.5 Å². The number of methoxy groups -OCH3 is 1. The van der Waals surface area contributed by atoms with Crippen LogP contribution in [0.3, 0.4) is 0 Å². The lowest BCUT2D eigenvalue weighted by atomic mass is 9.82. The Morgan fingerprint density at radius 1 is 1.03 bits per heavy atom. The molecule has 30 heavy (non-hydrogen) atoms. The van der Waals surface area contributed by atoms with Gasteiger partial charge in [-0.1, -0.05) is 47.3 Å². The number of hydrogen-bond donors (Lipinski definition) is 1. The van der Waals surface area contributed by atoms with Crippen molar-refractivity contribution in [3.63, 3.8) is 0 Å². The second-order valence-corrected chi connectivity index (χ2v) is 8.51. The molecule has 2 aromatic carbocycles. The van der Waals surface area contributed by atoms with E-state index >= 15 is 0 Å². The van der Waals surface area contributed by atoms with Crippen molar-refractivity contribution in [1.82, 2.24) is 5.32 Å². The number of halogens is 1. The smallest absolute Gasteiger partial charge is 0.307 e. The molecule has 0 saturated heterocycles. The van der Waals surface area contributed by atoms with Crippen LogP contribution in [0.2, 0.25) is 0 Å². The van der Waals surface area contributed by atoms with Gasteiger partial charge in [0, 0.05) is 22.5 Å². The molecule has 1 N–H and O–H groups in total. The Kier molecular flexibility index (Phi) is 8.31. The molecule has 0 spiro atoms. The number of esters is 1. The van der Waals surface area contributed by atoms with E-state index in [4.69, 9.17) is 4.74 Å². The van der Waals surface area contributed by atoms with E-state index in [1.165, 1.54) is 26.4 Å². The van der Waals surface area contributed by atoms with Gasteiger partial charge in [-0.15, -0.1) is 0 Å². The molecule has 1 fully saturated rings. The molecular formula is C24H28BrNO4. The highest BCUT2D eigenvalue weighted by Gasteiger charge is 2.27. The Morgan fingerprint density at radius 3 is 2.33 bits per heavy atom. The van der Waals surface area contributed by atoms with Gasteiger partial charge in [-0.2, -0.15) is 0 Å². The first-order valence-electron chi connectivity index (χ1n) is 10.4. The van der Waals surface area contributed by atoms with Gasteiger partial charge in [0.05, 0.1) is 13.5 Å². The van der Waals surface area contributed by atoms with Crippen molar-refractivity contribution in [3.8, 4) is 5.75 Å². The summed E-state index contributed by atoms with van der Waals surface area (Å²) >= 11 is 3.47. The zero-order valence-corrected chi connectivity index (χ0v) is 18.8. The SMILES string of the molecule is COC(=O)CCNC(=O)c1ccc(C(Oc2ccc(Br)cc2)C2CCCCC2)cc1. The molecule has 0 aliphatic heterocycles. The number of benzene rings is 2. The largest absolute Gasteiger partial charge is 0.485 e. The summed E-state index contributed by atoms with van der Waals surface area (Å²) in [5, 5.41) is 2.75. The van der Waals surface area contributed by atoms with Crippen molar-refractivity contribution in [2.75, 3.05) is 13.7 Å². The number of carbonyl (C=O) groups excluding carboxylic acids is 2. The zero-order chi connectivity index (χ0) is 21.3. The predicted molar refractivity (Wildman–Crippen MR) is 119 cm³/mol. The van der Waals surface area contributed by atoms with Gasteiger partial charge in [0.15, 0.2) is 0 Å². The maximum atomic E-state index is 12.3. The van der Waals surface area contributed by atoms with Gasteiger partial charge >= 0.3 is 5.97 Å². The van der Waals surface area contributed by atoms with Crippen molar-refractivity contribution in [2.45, 2.75) is 44.6 Å².